The fourth-order valence-corrected chi connectivity index (χ4v) is 2.85. The molecule has 0 saturated carbocycles. The molecule has 2 aromatic rings. The van der Waals surface area contributed by atoms with Crippen LogP contribution in [0.4, 0.5) is 10.1 Å². The van der Waals surface area contributed by atoms with E-state index in [-0.39, 0.29) is 31.4 Å². The van der Waals surface area contributed by atoms with Gasteiger partial charge in [0, 0.05) is 21.6 Å². The van der Waals surface area contributed by atoms with E-state index in [1.54, 1.807) is 36.2 Å². The highest BCUT2D eigenvalue weighted by Crippen LogP contribution is 2.21. The van der Waals surface area contributed by atoms with E-state index in [0.717, 1.165) is 4.47 Å². The molecule has 2 aromatic carbocycles. The number of anilines is 1. The molecule has 0 unspecified atom stereocenters. The van der Waals surface area contributed by atoms with Gasteiger partial charge in [-0.2, -0.15) is 0 Å². The number of hydrogen-bond acceptors (Lipinski definition) is 3. The third-order valence-electron chi connectivity index (χ3n) is 3.50. The molecule has 0 heterocycles. The van der Waals surface area contributed by atoms with Crippen LogP contribution in [0, 0.1) is 5.82 Å². The van der Waals surface area contributed by atoms with E-state index in [1.165, 1.54) is 12.1 Å². The lowest BCUT2D eigenvalue weighted by Crippen LogP contribution is -2.39. The number of benzene rings is 2. The van der Waals surface area contributed by atoms with Crippen molar-refractivity contribution in [2.75, 3.05) is 25.5 Å². The highest BCUT2D eigenvalue weighted by molar-refractivity contribution is 9.10. The highest BCUT2D eigenvalue weighted by atomic mass is 79.9. The van der Waals surface area contributed by atoms with Gasteiger partial charge in [-0.1, -0.05) is 29.8 Å². The normalized spacial score (nSPS) is 10.7. The summed E-state index contributed by atoms with van der Waals surface area (Å²) in [6.07, 6.45) is 0. The molecule has 0 fully saturated rings. The summed E-state index contributed by atoms with van der Waals surface area (Å²) in [7, 11) is 1.67. The Morgan fingerprint density at radius 1 is 1.15 bits per heavy atom. The molecule has 2 N–H and O–H groups in total. The molecule has 0 aliphatic heterocycles. The minimum Gasteiger partial charge on any atom is -0.346 e. The molecule has 8 heteroatoms. The number of likely N-dealkylation sites (N-methyl/N-ethyl adjacent to an activating group) is 1. The van der Waals surface area contributed by atoms with Crippen molar-refractivity contribution in [3.8, 4) is 0 Å². The number of para-hydroxylation sites is 1. The van der Waals surface area contributed by atoms with Gasteiger partial charge in [0.05, 0.1) is 18.8 Å². The maximum atomic E-state index is 13.8. The lowest BCUT2D eigenvalue weighted by atomic mass is 10.2. The van der Waals surface area contributed by atoms with Gasteiger partial charge in [-0.3, -0.25) is 14.5 Å². The van der Waals surface area contributed by atoms with E-state index in [4.69, 9.17) is 11.6 Å². The second-order valence-corrected chi connectivity index (χ2v) is 6.94. The SMILES string of the molecule is CN(CC(=O)NCC(=O)Nc1ccccc1Br)Cc1c(F)cccc1Cl. The lowest BCUT2D eigenvalue weighted by molar-refractivity contribution is -0.124. The van der Waals surface area contributed by atoms with E-state index in [0.29, 0.717) is 16.3 Å². The molecule has 5 nitrogen and oxygen atoms in total. The van der Waals surface area contributed by atoms with Crippen molar-refractivity contribution in [3.05, 3.63) is 63.3 Å². The molecule has 0 bridgehead atoms. The fourth-order valence-electron chi connectivity index (χ4n) is 2.25. The Labute approximate surface area is 164 Å². The lowest BCUT2D eigenvalue weighted by Gasteiger charge is -2.17. The smallest absolute Gasteiger partial charge is 0.243 e. The summed E-state index contributed by atoms with van der Waals surface area (Å²) in [6, 6.07) is 11.6. The Bertz CT molecular complexity index is 784. The Balaban J connectivity index is 1.79. The average molecular weight is 443 g/mol. The number of carbonyl (C=O) groups excluding carboxylic acids is 2. The molecular formula is C18H18BrClFN3O2. The molecule has 2 amide bonds. The minimum absolute atomic E-state index is 0.00692. The van der Waals surface area contributed by atoms with Gasteiger partial charge < -0.3 is 10.6 Å². The van der Waals surface area contributed by atoms with Gasteiger partial charge in [-0.15, -0.1) is 0 Å². The van der Waals surface area contributed by atoms with Crippen LogP contribution < -0.4 is 10.6 Å². The molecule has 0 aromatic heterocycles. The van der Waals surface area contributed by atoms with E-state index in [1.807, 2.05) is 6.07 Å². The Kier molecular flexibility index (Phi) is 7.56. The number of carbonyl (C=O) groups is 2. The largest absolute Gasteiger partial charge is 0.346 e. The summed E-state index contributed by atoms with van der Waals surface area (Å²) in [5.41, 5.74) is 0.953. The summed E-state index contributed by atoms with van der Waals surface area (Å²) in [6.45, 7) is 0.0313. The van der Waals surface area contributed by atoms with E-state index in [9.17, 15) is 14.0 Å². The zero-order chi connectivity index (χ0) is 19.1. The molecule has 0 saturated heterocycles. The van der Waals surface area contributed by atoms with Crippen LogP contribution in [0.3, 0.4) is 0 Å². The molecule has 0 aliphatic rings. The third-order valence-corrected chi connectivity index (χ3v) is 4.54. The quantitative estimate of drug-likeness (QED) is 0.691. The Hall–Kier alpha value is -1.96. The van der Waals surface area contributed by atoms with Crippen molar-refractivity contribution in [1.29, 1.82) is 0 Å². The summed E-state index contributed by atoms with van der Waals surface area (Å²) in [4.78, 5) is 25.5. The van der Waals surface area contributed by atoms with Crippen molar-refractivity contribution in [3.63, 3.8) is 0 Å². The van der Waals surface area contributed by atoms with E-state index < -0.39 is 5.82 Å². The fraction of sp³-hybridized carbons (Fsp3) is 0.222. The number of rotatable bonds is 7. The number of nitrogens with one attached hydrogen (secondary N) is 2. The third kappa shape index (κ3) is 6.09. The first kappa shape index (κ1) is 20.4. The second kappa shape index (κ2) is 9.66. The van der Waals surface area contributed by atoms with Crippen LogP contribution >= 0.6 is 27.5 Å². The predicted molar refractivity (Wildman–Crippen MR) is 104 cm³/mol. The topological polar surface area (TPSA) is 61.4 Å². The van der Waals surface area contributed by atoms with Crippen molar-refractivity contribution in [1.82, 2.24) is 10.2 Å². The molecule has 2 rings (SSSR count). The summed E-state index contributed by atoms with van der Waals surface area (Å²) in [5, 5.41) is 5.54. The van der Waals surface area contributed by atoms with Gasteiger partial charge in [0.2, 0.25) is 11.8 Å². The summed E-state index contributed by atoms with van der Waals surface area (Å²) >= 11 is 9.31. The minimum atomic E-state index is -0.419. The zero-order valence-corrected chi connectivity index (χ0v) is 16.4. The molecule has 0 radical (unpaired) electrons. The number of hydrogen-bond donors (Lipinski definition) is 2. The first-order valence-electron chi connectivity index (χ1n) is 7.79. The molecule has 0 spiro atoms. The highest BCUT2D eigenvalue weighted by Gasteiger charge is 2.13. The van der Waals surface area contributed by atoms with Crippen LogP contribution in [-0.4, -0.2) is 36.9 Å². The van der Waals surface area contributed by atoms with Crippen LogP contribution in [0.1, 0.15) is 5.56 Å². The standard InChI is InChI=1S/C18H18BrClFN3O2/c1-24(10-12-14(20)6-4-7-15(12)21)11-18(26)22-9-17(25)23-16-8-3-2-5-13(16)19/h2-8H,9-11H2,1H3,(H,22,26)(H,23,25). The van der Waals surface area contributed by atoms with Gasteiger partial charge in [-0.25, -0.2) is 4.39 Å². The maximum absolute atomic E-state index is 13.8. The van der Waals surface area contributed by atoms with Crippen LogP contribution in [-0.2, 0) is 16.1 Å². The van der Waals surface area contributed by atoms with Crippen LogP contribution in [0.25, 0.3) is 0 Å². The van der Waals surface area contributed by atoms with Crippen LogP contribution in [0.2, 0.25) is 5.02 Å². The van der Waals surface area contributed by atoms with Gasteiger partial charge in [0.1, 0.15) is 5.82 Å². The monoisotopic (exact) mass is 441 g/mol. The van der Waals surface area contributed by atoms with Crippen molar-refractivity contribution < 1.29 is 14.0 Å². The second-order valence-electron chi connectivity index (χ2n) is 5.68. The number of nitrogens with zero attached hydrogens (tertiary/aromatic N) is 1. The molecule has 0 aliphatic carbocycles. The molecule has 26 heavy (non-hydrogen) atoms. The van der Waals surface area contributed by atoms with E-state index >= 15 is 0 Å². The van der Waals surface area contributed by atoms with Crippen molar-refractivity contribution >= 4 is 45.0 Å². The van der Waals surface area contributed by atoms with Crippen molar-refractivity contribution in [2.45, 2.75) is 6.54 Å². The average Bonchev–Trinajstić information content (AvgIpc) is 2.58. The summed E-state index contributed by atoms with van der Waals surface area (Å²) < 4.78 is 14.5. The Morgan fingerprint density at radius 3 is 2.58 bits per heavy atom. The van der Waals surface area contributed by atoms with Crippen LogP contribution in [0.5, 0.6) is 0 Å². The number of halogens is 3. The predicted octanol–water partition coefficient (Wildman–Crippen LogP) is 3.43. The first-order valence-corrected chi connectivity index (χ1v) is 8.96. The zero-order valence-electron chi connectivity index (χ0n) is 14.1. The molecule has 0 atom stereocenters. The molecular weight excluding hydrogens is 425 g/mol. The van der Waals surface area contributed by atoms with Gasteiger partial charge >= 0.3 is 0 Å². The maximum Gasteiger partial charge on any atom is 0.243 e. The molecule has 138 valence electrons. The van der Waals surface area contributed by atoms with Gasteiger partial charge in [0.15, 0.2) is 0 Å². The first-order chi connectivity index (χ1) is 12.4. The Morgan fingerprint density at radius 2 is 1.88 bits per heavy atom. The van der Waals surface area contributed by atoms with Crippen LogP contribution in [0.15, 0.2) is 46.9 Å². The van der Waals surface area contributed by atoms with E-state index in [2.05, 4.69) is 26.6 Å². The van der Waals surface area contributed by atoms with Gasteiger partial charge in [0.25, 0.3) is 0 Å². The summed E-state index contributed by atoms with van der Waals surface area (Å²) in [5.74, 6) is -1.11. The van der Waals surface area contributed by atoms with Crippen molar-refractivity contribution in [2.24, 2.45) is 0 Å². The van der Waals surface area contributed by atoms with Gasteiger partial charge in [-0.05, 0) is 47.2 Å². The number of amides is 2.